The molecule has 1 aromatic carbocycles. The molecule has 138 valence electrons. The highest BCUT2D eigenvalue weighted by molar-refractivity contribution is 5.68. The lowest BCUT2D eigenvalue weighted by molar-refractivity contribution is 0.140. The third-order valence-corrected chi connectivity index (χ3v) is 4.68. The van der Waals surface area contributed by atoms with Gasteiger partial charge >= 0.3 is 6.09 Å². The number of nitrogens with zero attached hydrogens (tertiary/aromatic N) is 2. The molecule has 0 aromatic heterocycles. The molecule has 1 aromatic rings. The van der Waals surface area contributed by atoms with Gasteiger partial charge < -0.3 is 29.7 Å². The lowest BCUT2D eigenvalue weighted by atomic mass is 9.97. The second-order valence-electron chi connectivity index (χ2n) is 6.92. The zero-order valence-electron chi connectivity index (χ0n) is 15.0. The van der Waals surface area contributed by atoms with Crippen LogP contribution in [0, 0.1) is 0 Å². The molecule has 25 heavy (non-hydrogen) atoms. The van der Waals surface area contributed by atoms with Crippen molar-refractivity contribution in [1.29, 1.82) is 0 Å². The Morgan fingerprint density at radius 3 is 3.00 bits per heavy atom. The average molecular weight is 349 g/mol. The minimum absolute atomic E-state index is 0.265. The summed E-state index contributed by atoms with van der Waals surface area (Å²) in [6.45, 7) is 3.86. The van der Waals surface area contributed by atoms with E-state index in [-0.39, 0.29) is 6.04 Å². The first-order valence-electron chi connectivity index (χ1n) is 8.78. The summed E-state index contributed by atoms with van der Waals surface area (Å²) < 4.78 is 11.4. The minimum Gasteiger partial charge on any atom is -0.492 e. The number of nitrogens with one attached hydrogen (secondary N) is 1. The number of rotatable bonds is 6. The van der Waals surface area contributed by atoms with Crippen LogP contribution in [0.15, 0.2) is 12.1 Å². The Bertz CT molecular complexity index is 615. The Morgan fingerprint density at radius 1 is 1.48 bits per heavy atom. The van der Waals surface area contributed by atoms with Gasteiger partial charge in [-0.2, -0.15) is 0 Å². The van der Waals surface area contributed by atoms with E-state index in [2.05, 4.69) is 16.3 Å². The van der Waals surface area contributed by atoms with Gasteiger partial charge in [0.1, 0.15) is 12.4 Å². The average Bonchev–Trinajstić information content (AvgIpc) is 3.07. The molecule has 0 radical (unpaired) electrons. The van der Waals surface area contributed by atoms with Crippen molar-refractivity contribution in [3.63, 3.8) is 0 Å². The number of amides is 1. The summed E-state index contributed by atoms with van der Waals surface area (Å²) in [6.07, 6.45) is 0.804. The van der Waals surface area contributed by atoms with Gasteiger partial charge in [-0.25, -0.2) is 4.79 Å². The van der Waals surface area contributed by atoms with Gasteiger partial charge in [0.15, 0.2) is 0 Å². The Kier molecular flexibility index (Phi) is 5.65. The number of likely N-dealkylation sites (N-methyl/N-ethyl adjacent to an activating group) is 1. The molecule has 0 unspecified atom stereocenters. The van der Waals surface area contributed by atoms with Crippen LogP contribution in [0.2, 0.25) is 0 Å². The topological polar surface area (TPSA) is 74.3 Å². The van der Waals surface area contributed by atoms with Gasteiger partial charge in [0.2, 0.25) is 0 Å². The van der Waals surface area contributed by atoms with E-state index in [4.69, 9.17) is 9.47 Å². The second-order valence-corrected chi connectivity index (χ2v) is 6.92. The van der Waals surface area contributed by atoms with Crippen molar-refractivity contribution in [3.05, 3.63) is 23.3 Å². The van der Waals surface area contributed by atoms with Gasteiger partial charge in [-0.05, 0) is 44.1 Å². The molecule has 0 saturated carbocycles. The van der Waals surface area contributed by atoms with Crippen LogP contribution in [-0.2, 0) is 17.7 Å². The molecule has 1 atom stereocenters. The Labute approximate surface area is 148 Å². The molecule has 2 heterocycles. The van der Waals surface area contributed by atoms with Crippen LogP contribution in [0.25, 0.3) is 0 Å². The highest BCUT2D eigenvalue weighted by Gasteiger charge is 2.25. The molecule has 7 nitrogen and oxygen atoms in total. The lowest BCUT2D eigenvalue weighted by Crippen LogP contribution is -2.35. The molecule has 1 fully saturated rings. The smallest absolute Gasteiger partial charge is 0.407 e. The van der Waals surface area contributed by atoms with Gasteiger partial charge in [0, 0.05) is 31.5 Å². The maximum atomic E-state index is 11.3. The number of carbonyl (C=O) groups is 1. The van der Waals surface area contributed by atoms with Gasteiger partial charge in [0.05, 0.1) is 19.2 Å². The van der Waals surface area contributed by atoms with E-state index >= 15 is 0 Å². The standard InChI is InChI=1S/C18H27N3O4/c1-20(2)6-8-25-15-9-13-3-5-21(18(22)23)11-16(13)17(10-15)19-14-4-7-24-12-14/h9-10,14,19H,3-8,11-12H2,1-2H3,(H,22,23)/t14-/m0/s1. The molecule has 7 heteroatoms. The molecule has 1 saturated heterocycles. The first-order valence-corrected chi connectivity index (χ1v) is 8.78. The van der Waals surface area contributed by atoms with Crippen LogP contribution in [0.4, 0.5) is 10.5 Å². The normalized spacial score (nSPS) is 19.8. The zero-order chi connectivity index (χ0) is 17.8. The van der Waals surface area contributed by atoms with Crippen LogP contribution >= 0.6 is 0 Å². The summed E-state index contributed by atoms with van der Waals surface area (Å²) in [5.41, 5.74) is 3.19. The van der Waals surface area contributed by atoms with Crippen molar-refractivity contribution >= 4 is 11.8 Å². The minimum atomic E-state index is -0.868. The van der Waals surface area contributed by atoms with Crippen LogP contribution in [0.5, 0.6) is 5.75 Å². The second kappa shape index (κ2) is 7.93. The number of hydrogen-bond acceptors (Lipinski definition) is 5. The summed E-state index contributed by atoms with van der Waals surface area (Å²) in [4.78, 5) is 14.9. The summed E-state index contributed by atoms with van der Waals surface area (Å²) in [7, 11) is 4.04. The molecule has 0 aliphatic carbocycles. The Balaban J connectivity index is 1.81. The number of benzene rings is 1. The van der Waals surface area contributed by atoms with Crippen LogP contribution in [0.3, 0.4) is 0 Å². The monoisotopic (exact) mass is 349 g/mol. The molecule has 2 aliphatic rings. The molecule has 1 amide bonds. The van der Waals surface area contributed by atoms with Crippen LogP contribution < -0.4 is 10.1 Å². The van der Waals surface area contributed by atoms with Gasteiger partial charge in [-0.3, -0.25) is 0 Å². The first kappa shape index (κ1) is 17.8. The van der Waals surface area contributed by atoms with E-state index in [1.165, 1.54) is 10.5 Å². The van der Waals surface area contributed by atoms with Crippen molar-refractivity contribution in [2.45, 2.75) is 25.4 Å². The third-order valence-electron chi connectivity index (χ3n) is 4.68. The Morgan fingerprint density at radius 2 is 2.32 bits per heavy atom. The van der Waals surface area contributed by atoms with E-state index in [9.17, 15) is 9.90 Å². The molecule has 0 bridgehead atoms. The highest BCUT2D eigenvalue weighted by atomic mass is 16.5. The van der Waals surface area contributed by atoms with E-state index in [1.54, 1.807) is 0 Å². The van der Waals surface area contributed by atoms with Gasteiger partial charge in [-0.1, -0.05) is 0 Å². The summed E-state index contributed by atoms with van der Waals surface area (Å²) in [6, 6.07) is 4.32. The predicted molar refractivity (Wildman–Crippen MR) is 95.5 cm³/mol. The number of fused-ring (bicyclic) bond motifs is 1. The van der Waals surface area contributed by atoms with Crippen molar-refractivity contribution in [3.8, 4) is 5.75 Å². The fraction of sp³-hybridized carbons (Fsp3) is 0.611. The van der Waals surface area contributed by atoms with Crippen LogP contribution in [0.1, 0.15) is 17.5 Å². The molecule has 2 N–H and O–H groups in total. The molecule has 3 rings (SSSR count). The van der Waals surface area contributed by atoms with Crippen molar-refractivity contribution < 1.29 is 19.4 Å². The van der Waals surface area contributed by atoms with Gasteiger partial charge in [0.25, 0.3) is 0 Å². The maximum Gasteiger partial charge on any atom is 0.407 e. The van der Waals surface area contributed by atoms with E-state index < -0.39 is 6.09 Å². The maximum absolute atomic E-state index is 11.3. The van der Waals surface area contributed by atoms with Crippen molar-refractivity contribution in [2.24, 2.45) is 0 Å². The fourth-order valence-corrected chi connectivity index (χ4v) is 3.23. The van der Waals surface area contributed by atoms with Crippen molar-refractivity contribution in [1.82, 2.24) is 9.80 Å². The summed E-state index contributed by atoms with van der Waals surface area (Å²) in [5, 5.41) is 12.9. The molecular formula is C18H27N3O4. The number of anilines is 1. The third kappa shape index (κ3) is 4.55. The summed E-state index contributed by atoms with van der Waals surface area (Å²) in [5.74, 6) is 0.839. The van der Waals surface area contributed by atoms with Crippen LogP contribution in [-0.4, -0.2) is 74.0 Å². The quantitative estimate of drug-likeness (QED) is 0.817. The van der Waals surface area contributed by atoms with E-state index in [0.717, 1.165) is 36.6 Å². The lowest BCUT2D eigenvalue weighted by Gasteiger charge is -2.30. The SMILES string of the molecule is CN(C)CCOc1cc2c(c(N[C@H]3CCOC3)c1)CN(C(=O)O)CC2. The van der Waals surface area contributed by atoms with Gasteiger partial charge in [-0.15, -0.1) is 0 Å². The summed E-state index contributed by atoms with van der Waals surface area (Å²) >= 11 is 0. The number of ether oxygens (including phenoxy) is 2. The number of carboxylic acid groups (broad SMARTS) is 1. The fourth-order valence-electron chi connectivity index (χ4n) is 3.23. The van der Waals surface area contributed by atoms with E-state index in [1.807, 2.05) is 20.2 Å². The van der Waals surface area contributed by atoms with E-state index in [0.29, 0.717) is 32.7 Å². The Hall–Kier alpha value is -1.99. The predicted octanol–water partition coefficient (Wildman–Crippen LogP) is 1.86. The molecule has 0 spiro atoms. The first-order chi connectivity index (χ1) is 12.0. The molecule has 2 aliphatic heterocycles. The highest BCUT2D eigenvalue weighted by Crippen LogP contribution is 2.32. The zero-order valence-corrected chi connectivity index (χ0v) is 15.0. The van der Waals surface area contributed by atoms with Crippen molar-refractivity contribution in [2.75, 3.05) is 52.3 Å². The number of hydrogen-bond donors (Lipinski definition) is 2. The largest absolute Gasteiger partial charge is 0.492 e. The molecular weight excluding hydrogens is 322 g/mol.